The van der Waals surface area contributed by atoms with Crippen molar-refractivity contribution < 1.29 is 9.53 Å². The molecule has 1 saturated heterocycles. The number of hydrogen-bond acceptors (Lipinski definition) is 4. The highest BCUT2D eigenvalue weighted by molar-refractivity contribution is 9.10. The van der Waals surface area contributed by atoms with Crippen LogP contribution in [-0.2, 0) is 16.0 Å². The Balaban J connectivity index is 1.72. The minimum atomic E-state index is 0.159. The molecule has 0 spiro atoms. The van der Waals surface area contributed by atoms with Crippen molar-refractivity contribution in [3.63, 3.8) is 0 Å². The van der Waals surface area contributed by atoms with Crippen LogP contribution in [0.15, 0.2) is 15.9 Å². The molecule has 1 fully saturated rings. The van der Waals surface area contributed by atoms with Gasteiger partial charge in [-0.2, -0.15) is 0 Å². The van der Waals surface area contributed by atoms with Crippen LogP contribution < -0.4 is 5.32 Å². The zero-order valence-electron chi connectivity index (χ0n) is 9.58. The molecule has 0 aromatic carbocycles. The number of piperidine rings is 1. The van der Waals surface area contributed by atoms with Crippen molar-refractivity contribution in [1.29, 1.82) is 0 Å². The first kappa shape index (κ1) is 13.2. The maximum absolute atomic E-state index is 11.8. The molecular formula is C12H16BrNO2S. The van der Waals surface area contributed by atoms with E-state index in [1.54, 1.807) is 11.3 Å². The highest BCUT2D eigenvalue weighted by Crippen LogP contribution is 2.23. The molecule has 0 unspecified atom stereocenters. The van der Waals surface area contributed by atoms with Crippen LogP contribution in [0.2, 0.25) is 0 Å². The Kier molecular flexibility index (Phi) is 5.16. The second-order valence-corrected chi connectivity index (χ2v) is 6.02. The normalized spacial score (nSPS) is 17.2. The molecule has 1 aromatic rings. The summed E-state index contributed by atoms with van der Waals surface area (Å²) in [7, 11) is 0. The summed E-state index contributed by atoms with van der Waals surface area (Å²) < 4.78 is 6.66. The van der Waals surface area contributed by atoms with Gasteiger partial charge in [0.15, 0.2) is 5.78 Å². The van der Waals surface area contributed by atoms with Crippen LogP contribution in [0.4, 0.5) is 0 Å². The third-order valence-corrected chi connectivity index (χ3v) is 4.74. The molecule has 3 nitrogen and oxygen atoms in total. The van der Waals surface area contributed by atoms with E-state index in [1.807, 2.05) is 11.4 Å². The second kappa shape index (κ2) is 6.64. The van der Waals surface area contributed by atoms with Crippen LogP contribution in [-0.4, -0.2) is 31.6 Å². The van der Waals surface area contributed by atoms with E-state index in [2.05, 4.69) is 21.2 Å². The molecule has 1 aliphatic rings. The quantitative estimate of drug-likeness (QED) is 0.906. The first-order valence-corrected chi connectivity index (χ1v) is 7.49. The van der Waals surface area contributed by atoms with Crippen LogP contribution in [0.5, 0.6) is 0 Å². The predicted octanol–water partition coefficient (Wildman–Crippen LogP) is 2.39. The average Bonchev–Trinajstić information content (AvgIpc) is 2.74. The summed E-state index contributed by atoms with van der Waals surface area (Å²) in [5, 5.41) is 5.26. The van der Waals surface area contributed by atoms with Gasteiger partial charge in [0.05, 0.1) is 6.10 Å². The van der Waals surface area contributed by atoms with Gasteiger partial charge in [-0.1, -0.05) is 0 Å². The first-order chi connectivity index (χ1) is 8.25. The molecule has 0 amide bonds. The zero-order valence-corrected chi connectivity index (χ0v) is 12.0. The number of carbonyl (C=O) groups is 1. The van der Waals surface area contributed by atoms with E-state index in [4.69, 9.17) is 4.74 Å². The summed E-state index contributed by atoms with van der Waals surface area (Å²) in [5.41, 5.74) is 0. The van der Waals surface area contributed by atoms with E-state index in [0.29, 0.717) is 6.42 Å². The number of Topliss-reactive ketones (excluding diaryl/α,β-unsaturated/α-hetero) is 1. The van der Waals surface area contributed by atoms with E-state index in [9.17, 15) is 4.79 Å². The second-order valence-electron chi connectivity index (χ2n) is 4.17. The molecule has 94 valence electrons. The van der Waals surface area contributed by atoms with Crippen LogP contribution >= 0.6 is 27.3 Å². The van der Waals surface area contributed by atoms with Crippen molar-refractivity contribution in [1.82, 2.24) is 5.32 Å². The number of carbonyl (C=O) groups excluding carboxylic acids is 1. The van der Waals surface area contributed by atoms with Gasteiger partial charge < -0.3 is 10.1 Å². The molecule has 1 aromatic heterocycles. The lowest BCUT2D eigenvalue weighted by atomic mass is 10.1. The third kappa shape index (κ3) is 4.17. The summed E-state index contributed by atoms with van der Waals surface area (Å²) >= 11 is 5.04. The van der Waals surface area contributed by atoms with E-state index in [1.165, 1.54) is 0 Å². The summed E-state index contributed by atoms with van der Waals surface area (Å²) in [6.07, 6.45) is 2.75. The van der Waals surface area contributed by atoms with E-state index in [-0.39, 0.29) is 18.5 Å². The van der Waals surface area contributed by atoms with Gasteiger partial charge in [0.1, 0.15) is 6.61 Å². The van der Waals surface area contributed by atoms with E-state index in [0.717, 1.165) is 35.3 Å². The minimum Gasteiger partial charge on any atom is -0.370 e. The van der Waals surface area contributed by atoms with Crippen molar-refractivity contribution in [2.24, 2.45) is 0 Å². The Hall–Kier alpha value is -0.230. The summed E-state index contributed by atoms with van der Waals surface area (Å²) in [5.74, 6) is 0.159. The standard InChI is InChI=1S/C12H16BrNO2S/c13-11-3-6-17-12(11)7-9(15)8-16-10-1-4-14-5-2-10/h3,6,10,14H,1-2,4-5,7-8H2. The van der Waals surface area contributed by atoms with E-state index >= 15 is 0 Å². The molecule has 0 atom stereocenters. The molecule has 1 N–H and O–H groups in total. The van der Waals surface area contributed by atoms with Crippen molar-refractivity contribution in [2.75, 3.05) is 19.7 Å². The highest BCUT2D eigenvalue weighted by Gasteiger charge is 2.15. The zero-order chi connectivity index (χ0) is 12.1. The average molecular weight is 318 g/mol. The van der Waals surface area contributed by atoms with Crippen LogP contribution in [0, 0.1) is 0 Å². The Morgan fingerprint density at radius 1 is 1.53 bits per heavy atom. The van der Waals surface area contributed by atoms with Gasteiger partial charge in [-0.15, -0.1) is 11.3 Å². The van der Waals surface area contributed by atoms with Gasteiger partial charge >= 0.3 is 0 Å². The Morgan fingerprint density at radius 3 is 2.94 bits per heavy atom. The number of ketones is 1. The summed E-state index contributed by atoms with van der Waals surface area (Å²) in [6.45, 7) is 2.24. The number of nitrogens with one attached hydrogen (secondary N) is 1. The third-order valence-electron chi connectivity index (χ3n) is 2.81. The molecule has 0 saturated carbocycles. The minimum absolute atomic E-state index is 0.159. The van der Waals surface area contributed by atoms with Gasteiger partial charge in [-0.25, -0.2) is 0 Å². The van der Waals surface area contributed by atoms with Gasteiger partial charge in [0.25, 0.3) is 0 Å². The van der Waals surface area contributed by atoms with Gasteiger partial charge in [-0.3, -0.25) is 4.79 Å². The Bertz CT molecular complexity index is 374. The summed E-state index contributed by atoms with van der Waals surface area (Å²) in [4.78, 5) is 12.8. The van der Waals surface area contributed by atoms with Crippen LogP contribution in [0.1, 0.15) is 17.7 Å². The molecule has 17 heavy (non-hydrogen) atoms. The van der Waals surface area contributed by atoms with Gasteiger partial charge in [0.2, 0.25) is 0 Å². The maximum atomic E-state index is 11.8. The number of hydrogen-bond donors (Lipinski definition) is 1. The molecule has 0 bridgehead atoms. The predicted molar refractivity (Wildman–Crippen MR) is 72.6 cm³/mol. The smallest absolute Gasteiger partial charge is 0.163 e. The number of rotatable bonds is 5. The fourth-order valence-corrected chi connectivity index (χ4v) is 3.38. The maximum Gasteiger partial charge on any atom is 0.163 e. The topological polar surface area (TPSA) is 38.3 Å². The monoisotopic (exact) mass is 317 g/mol. The van der Waals surface area contributed by atoms with Crippen molar-refractivity contribution in [3.05, 3.63) is 20.8 Å². The molecule has 0 radical (unpaired) electrons. The highest BCUT2D eigenvalue weighted by atomic mass is 79.9. The van der Waals surface area contributed by atoms with Crippen molar-refractivity contribution in [3.8, 4) is 0 Å². The lowest BCUT2D eigenvalue weighted by molar-refractivity contribution is -0.125. The molecule has 0 aliphatic carbocycles. The molecule has 1 aliphatic heterocycles. The van der Waals surface area contributed by atoms with E-state index < -0.39 is 0 Å². The fourth-order valence-electron chi connectivity index (χ4n) is 1.85. The SMILES string of the molecule is O=C(COC1CCNCC1)Cc1sccc1Br. The first-order valence-electron chi connectivity index (χ1n) is 5.81. The molecule has 5 heteroatoms. The van der Waals surface area contributed by atoms with Crippen LogP contribution in [0.25, 0.3) is 0 Å². The Morgan fingerprint density at radius 2 is 2.29 bits per heavy atom. The summed E-state index contributed by atoms with van der Waals surface area (Å²) in [6, 6.07) is 1.97. The number of thiophene rings is 1. The number of ether oxygens (including phenoxy) is 1. The molecule has 2 heterocycles. The lowest BCUT2D eigenvalue weighted by Crippen LogP contribution is -2.33. The molecule has 2 rings (SSSR count). The fraction of sp³-hybridized carbons (Fsp3) is 0.583. The number of halogens is 1. The van der Waals surface area contributed by atoms with Gasteiger partial charge in [0, 0.05) is 15.8 Å². The lowest BCUT2D eigenvalue weighted by Gasteiger charge is -2.22. The van der Waals surface area contributed by atoms with Crippen molar-refractivity contribution >= 4 is 33.0 Å². The largest absolute Gasteiger partial charge is 0.370 e. The van der Waals surface area contributed by atoms with Gasteiger partial charge in [-0.05, 0) is 53.3 Å². The van der Waals surface area contributed by atoms with Crippen molar-refractivity contribution in [2.45, 2.75) is 25.4 Å². The van der Waals surface area contributed by atoms with Crippen LogP contribution in [0.3, 0.4) is 0 Å². The Labute approximate surface area is 114 Å². The molecular weight excluding hydrogens is 302 g/mol.